The van der Waals surface area contributed by atoms with Crippen LogP contribution in [0, 0.1) is 6.92 Å². The van der Waals surface area contributed by atoms with Crippen LogP contribution in [-0.4, -0.2) is 9.55 Å². The summed E-state index contributed by atoms with van der Waals surface area (Å²) >= 11 is 5.31. The van der Waals surface area contributed by atoms with E-state index in [9.17, 15) is 9.59 Å². The molecule has 1 aromatic heterocycles. The Morgan fingerprint density at radius 2 is 2.31 bits per heavy atom. The fourth-order valence-corrected chi connectivity index (χ4v) is 0.987. The van der Waals surface area contributed by atoms with E-state index < -0.39 is 5.69 Å². The minimum absolute atomic E-state index is 0.351. The Morgan fingerprint density at radius 3 is 2.92 bits per heavy atom. The van der Waals surface area contributed by atoms with Gasteiger partial charge < -0.3 is 0 Å². The van der Waals surface area contributed by atoms with E-state index >= 15 is 0 Å². The molecule has 0 unspecified atom stereocenters. The quantitative estimate of drug-likeness (QED) is 0.760. The Labute approximate surface area is 79.5 Å². The molecule has 1 heterocycles. The van der Waals surface area contributed by atoms with Gasteiger partial charge in [-0.25, -0.2) is 4.79 Å². The van der Waals surface area contributed by atoms with E-state index in [0.29, 0.717) is 12.1 Å². The smallest absolute Gasteiger partial charge is 0.296 e. The zero-order valence-corrected chi connectivity index (χ0v) is 7.84. The van der Waals surface area contributed by atoms with E-state index in [2.05, 4.69) is 4.98 Å². The van der Waals surface area contributed by atoms with Crippen LogP contribution in [0.4, 0.5) is 0 Å². The van der Waals surface area contributed by atoms with Crippen molar-refractivity contribution in [2.24, 2.45) is 0 Å². The van der Waals surface area contributed by atoms with Crippen molar-refractivity contribution in [1.29, 1.82) is 0 Å². The molecule has 4 nitrogen and oxygen atoms in total. The predicted molar refractivity (Wildman–Crippen MR) is 51.1 cm³/mol. The third kappa shape index (κ3) is 2.32. The molecule has 0 saturated carbocycles. The van der Waals surface area contributed by atoms with Crippen LogP contribution < -0.4 is 11.2 Å². The Kier molecular flexibility index (Phi) is 3.08. The maximum atomic E-state index is 11.1. The second-order valence-electron chi connectivity index (χ2n) is 2.59. The molecule has 0 radical (unpaired) electrons. The molecule has 0 amide bonds. The molecule has 0 atom stereocenters. The highest BCUT2D eigenvalue weighted by atomic mass is 35.5. The van der Waals surface area contributed by atoms with Crippen molar-refractivity contribution in [1.82, 2.24) is 9.55 Å². The van der Waals surface area contributed by atoms with E-state index in [1.807, 2.05) is 0 Å². The van der Waals surface area contributed by atoms with Gasteiger partial charge in [-0.1, -0.05) is 17.7 Å². The number of rotatable bonds is 2. The molecule has 0 aliphatic carbocycles. The predicted octanol–water partition coefficient (Wildman–Crippen LogP) is 0.598. The van der Waals surface area contributed by atoms with Gasteiger partial charge in [-0.05, 0) is 6.92 Å². The van der Waals surface area contributed by atoms with E-state index in [4.69, 9.17) is 11.6 Å². The number of H-pyrrole nitrogens is 1. The largest absolute Gasteiger partial charge is 0.328 e. The van der Waals surface area contributed by atoms with Gasteiger partial charge in [0.1, 0.15) is 0 Å². The van der Waals surface area contributed by atoms with Gasteiger partial charge in [0.25, 0.3) is 5.56 Å². The molecule has 0 saturated heterocycles. The number of aromatic nitrogens is 2. The maximum absolute atomic E-state index is 11.1. The second kappa shape index (κ2) is 4.09. The molecule has 1 N–H and O–H groups in total. The van der Waals surface area contributed by atoms with Crippen molar-refractivity contribution in [3.8, 4) is 0 Å². The summed E-state index contributed by atoms with van der Waals surface area (Å²) in [6, 6.07) is 0. The highest BCUT2D eigenvalue weighted by molar-refractivity contribution is 6.25. The van der Waals surface area contributed by atoms with Crippen LogP contribution in [0.1, 0.15) is 5.56 Å². The fraction of sp³-hybridized carbons (Fsp3) is 0.250. The van der Waals surface area contributed by atoms with Crippen LogP contribution >= 0.6 is 11.6 Å². The third-order valence-electron chi connectivity index (χ3n) is 1.58. The first kappa shape index (κ1) is 9.80. The zero-order valence-electron chi connectivity index (χ0n) is 7.08. The Balaban J connectivity index is 3.16. The molecule has 0 bridgehead atoms. The van der Waals surface area contributed by atoms with Crippen LogP contribution in [-0.2, 0) is 6.54 Å². The van der Waals surface area contributed by atoms with Crippen molar-refractivity contribution in [2.75, 3.05) is 0 Å². The number of hydrogen-bond donors (Lipinski definition) is 1. The molecular formula is C8H9ClN2O2. The molecule has 0 spiro atoms. The number of nitrogens with one attached hydrogen (secondary N) is 1. The Bertz CT molecular complexity index is 431. The first-order valence-corrected chi connectivity index (χ1v) is 4.14. The Morgan fingerprint density at radius 1 is 1.62 bits per heavy atom. The first-order valence-electron chi connectivity index (χ1n) is 3.70. The van der Waals surface area contributed by atoms with E-state index in [1.165, 1.54) is 16.3 Å². The fourth-order valence-electron chi connectivity index (χ4n) is 0.908. The number of aromatic amines is 1. The second-order valence-corrected chi connectivity index (χ2v) is 2.84. The lowest BCUT2D eigenvalue weighted by Crippen LogP contribution is -2.30. The average Bonchev–Trinajstić information content (AvgIpc) is 2.09. The summed E-state index contributed by atoms with van der Waals surface area (Å²) in [6.45, 7) is 2.00. The molecule has 1 rings (SSSR count). The van der Waals surface area contributed by atoms with Gasteiger partial charge in [-0.15, -0.1) is 0 Å². The molecule has 0 aliphatic heterocycles. The van der Waals surface area contributed by atoms with Crippen LogP contribution in [0.5, 0.6) is 0 Å². The molecule has 0 fully saturated rings. The first-order chi connectivity index (χ1) is 6.15. The summed E-state index contributed by atoms with van der Waals surface area (Å²) in [4.78, 5) is 24.3. The van der Waals surface area contributed by atoms with Crippen LogP contribution in [0.2, 0.25) is 0 Å². The van der Waals surface area contributed by atoms with Crippen LogP contribution in [0.15, 0.2) is 27.4 Å². The monoisotopic (exact) mass is 200 g/mol. The number of halogens is 1. The number of aryl methyl sites for hydroxylation is 1. The summed E-state index contributed by atoms with van der Waals surface area (Å²) in [6.07, 6.45) is 3.11. The van der Waals surface area contributed by atoms with E-state index in [0.717, 1.165) is 0 Å². The minimum atomic E-state index is -0.426. The topological polar surface area (TPSA) is 54.9 Å². The van der Waals surface area contributed by atoms with Crippen LogP contribution in [0.3, 0.4) is 0 Å². The molecular weight excluding hydrogens is 192 g/mol. The number of nitrogens with zero attached hydrogens (tertiary/aromatic N) is 1. The SMILES string of the molecule is Cc1cn(CC=CCl)c(=O)[nH]c1=O. The lowest BCUT2D eigenvalue weighted by atomic mass is 10.4. The summed E-state index contributed by atoms with van der Waals surface area (Å²) in [5.41, 5.74) is 1.05. The molecule has 13 heavy (non-hydrogen) atoms. The molecule has 5 heteroatoms. The van der Waals surface area contributed by atoms with E-state index in [1.54, 1.807) is 13.0 Å². The molecule has 1 aromatic rings. The number of allylic oxidation sites excluding steroid dienone is 1. The minimum Gasteiger partial charge on any atom is -0.296 e. The van der Waals surface area contributed by atoms with Gasteiger partial charge in [0.15, 0.2) is 0 Å². The lowest BCUT2D eigenvalue weighted by molar-refractivity contribution is 0.729. The summed E-state index contributed by atoms with van der Waals surface area (Å²) < 4.78 is 1.37. The lowest BCUT2D eigenvalue weighted by Gasteiger charge is -2.00. The van der Waals surface area contributed by atoms with Gasteiger partial charge in [0, 0.05) is 23.8 Å². The van der Waals surface area contributed by atoms with Crippen LogP contribution in [0.25, 0.3) is 0 Å². The summed E-state index contributed by atoms with van der Waals surface area (Å²) in [7, 11) is 0. The standard InChI is InChI=1S/C8H9ClN2O2/c1-6-5-11(4-2-3-9)8(13)10-7(6)12/h2-3,5H,4H2,1H3,(H,10,12,13). The summed E-state index contributed by atoms with van der Waals surface area (Å²) in [5.74, 6) is 0. The van der Waals surface area contributed by atoms with Crippen molar-refractivity contribution in [2.45, 2.75) is 13.5 Å². The van der Waals surface area contributed by atoms with Crippen molar-refractivity contribution < 1.29 is 0 Å². The van der Waals surface area contributed by atoms with Crippen molar-refractivity contribution in [3.05, 3.63) is 44.2 Å². The Hall–Kier alpha value is -1.29. The van der Waals surface area contributed by atoms with Gasteiger partial charge in [-0.2, -0.15) is 0 Å². The summed E-state index contributed by atoms with van der Waals surface area (Å²) in [5, 5.41) is 0. The van der Waals surface area contributed by atoms with Gasteiger partial charge in [-0.3, -0.25) is 14.3 Å². The highest BCUT2D eigenvalue weighted by Crippen LogP contribution is 1.86. The zero-order chi connectivity index (χ0) is 9.84. The maximum Gasteiger partial charge on any atom is 0.328 e. The molecule has 0 aromatic carbocycles. The average molecular weight is 201 g/mol. The van der Waals surface area contributed by atoms with Gasteiger partial charge in [0.2, 0.25) is 0 Å². The number of hydrogen-bond acceptors (Lipinski definition) is 2. The van der Waals surface area contributed by atoms with Gasteiger partial charge in [0.05, 0.1) is 0 Å². The van der Waals surface area contributed by atoms with Crippen molar-refractivity contribution >= 4 is 11.6 Å². The van der Waals surface area contributed by atoms with E-state index in [-0.39, 0.29) is 5.56 Å². The van der Waals surface area contributed by atoms with Crippen molar-refractivity contribution in [3.63, 3.8) is 0 Å². The molecule has 70 valence electrons. The third-order valence-corrected chi connectivity index (χ3v) is 1.76. The van der Waals surface area contributed by atoms with Gasteiger partial charge >= 0.3 is 5.69 Å². The highest BCUT2D eigenvalue weighted by Gasteiger charge is 1.97. The molecule has 0 aliphatic rings. The normalized spacial score (nSPS) is 10.9.